The van der Waals surface area contributed by atoms with Crippen LogP contribution in [0.15, 0.2) is 29.2 Å². The summed E-state index contributed by atoms with van der Waals surface area (Å²) >= 11 is 4.20. The number of thiol groups is 1. The lowest BCUT2D eigenvalue weighted by molar-refractivity contribution is -0.120. The number of nitrogens with one attached hydrogen (secondary N) is 1. The molecule has 0 fully saturated rings. The predicted octanol–water partition coefficient (Wildman–Crippen LogP) is 2.82. The molecular weight excluding hydrogens is 218 g/mol. The van der Waals surface area contributed by atoms with E-state index in [1.54, 1.807) is 0 Å². The summed E-state index contributed by atoms with van der Waals surface area (Å²) in [5.41, 5.74) is 1.03. The van der Waals surface area contributed by atoms with Crippen molar-refractivity contribution < 1.29 is 4.79 Å². The van der Waals surface area contributed by atoms with E-state index in [0.717, 1.165) is 23.4 Å². The van der Waals surface area contributed by atoms with Crippen LogP contribution in [-0.2, 0) is 11.2 Å². The van der Waals surface area contributed by atoms with Gasteiger partial charge in [-0.2, -0.15) is 0 Å². The first-order valence-corrected chi connectivity index (χ1v) is 6.21. The van der Waals surface area contributed by atoms with Gasteiger partial charge in [-0.15, -0.1) is 12.6 Å². The minimum Gasteiger partial charge on any atom is -0.356 e. The Balaban J connectivity index is 2.26. The lowest BCUT2D eigenvalue weighted by Gasteiger charge is -2.04. The third-order valence-electron chi connectivity index (χ3n) is 2.40. The summed E-state index contributed by atoms with van der Waals surface area (Å²) in [4.78, 5) is 12.5. The van der Waals surface area contributed by atoms with E-state index in [4.69, 9.17) is 0 Å². The van der Waals surface area contributed by atoms with Gasteiger partial charge in [-0.05, 0) is 24.1 Å². The van der Waals surface area contributed by atoms with E-state index in [2.05, 4.69) is 24.9 Å². The Hall–Kier alpha value is -0.960. The molecule has 0 aliphatic rings. The van der Waals surface area contributed by atoms with Crippen LogP contribution in [0.5, 0.6) is 0 Å². The number of unbranched alkanes of at least 4 members (excludes halogenated alkanes) is 2. The van der Waals surface area contributed by atoms with Crippen LogP contribution in [-0.4, -0.2) is 12.5 Å². The quantitative estimate of drug-likeness (QED) is 0.578. The minimum atomic E-state index is 0.100. The molecule has 3 heteroatoms. The highest BCUT2D eigenvalue weighted by atomic mass is 32.1. The van der Waals surface area contributed by atoms with Crippen molar-refractivity contribution in [3.8, 4) is 0 Å². The van der Waals surface area contributed by atoms with Crippen LogP contribution in [0.25, 0.3) is 0 Å². The molecular formula is C13H19NOS. The predicted molar refractivity (Wildman–Crippen MR) is 69.9 cm³/mol. The van der Waals surface area contributed by atoms with Crippen LogP contribution in [0.1, 0.15) is 31.7 Å². The number of benzene rings is 1. The van der Waals surface area contributed by atoms with Gasteiger partial charge in [0.15, 0.2) is 0 Å². The molecule has 1 aromatic rings. The number of rotatable bonds is 6. The molecule has 0 spiro atoms. The van der Waals surface area contributed by atoms with Crippen molar-refractivity contribution in [1.29, 1.82) is 0 Å². The Bertz CT molecular complexity index is 321. The minimum absolute atomic E-state index is 0.100. The van der Waals surface area contributed by atoms with E-state index in [1.807, 2.05) is 24.3 Å². The molecule has 0 aromatic heterocycles. The fourth-order valence-electron chi connectivity index (χ4n) is 1.46. The number of amides is 1. The maximum absolute atomic E-state index is 11.5. The van der Waals surface area contributed by atoms with E-state index in [0.29, 0.717) is 6.42 Å². The molecule has 0 heterocycles. The molecule has 0 unspecified atom stereocenters. The molecule has 1 N–H and O–H groups in total. The molecule has 0 aliphatic carbocycles. The van der Waals surface area contributed by atoms with Gasteiger partial charge in [-0.1, -0.05) is 31.9 Å². The Morgan fingerprint density at radius 2 is 1.94 bits per heavy atom. The second-order valence-electron chi connectivity index (χ2n) is 3.90. The van der Waals surface area contributed by atoms with Gasteiger partial charge in [-0.3, -0.25) is 4.79 Å². The molecule has 1 rings (SSSR count). The molecule has 0 saturated carbocycles. The number of carbonyl (C=O) groups is 1. The summed E-state index contributed by atoms with van der Waals surface area (Å²) < 4.78 is 0. The van der Waals surface area contributed by atoms with Gasteiger partial charge in [0.05, 0.1) is 6.42 Å². The van der Waals surface area contributed by atoms with Gasteiger partial charge >= 0.3 is 0 Å². The van der Waals surface area contributed by atoms with Crippen molar-refractivity contribution in [2.45, 2.75) is 37.5 Å². The third-order valence-corrected chi connectivity index (χ3v) is 2.70. The Kier molecular flexibility index (Phi) is 6.01. The summed E-state index contributed by atoms with van der Waals surface area (Å²) in [5, 5.41) is 2.92. The number of hydrogen-bond acceptors (Lipinski definition) is 2. The highest BCUT2D eigenvalue weighted by molar-refractivity contribution is 7.80. The summed E-state index contributed by atoms with van der Waals surface area (Å²) in [6.07, 6.45) is 3.88. The summed E-state index contributed by atoms with van der Waals surface area (Å²) in [5.74, 6) is 0.100. The SMILES string of the molecule is CCCCCNC(=O)Cc1ccc(S)cc1. The highest BCUT2D eigenvalue weighted by Crippen LogP contribution is 2.08. The van der Waals surface area contributed by atoms with Gasteiger partial charge in [0.1, 0.15) is 0 Å². The Morgan fingerprint density at radius 1 is 1.25 bits per heavy atom. The normalized spacial score (nSPS) is 10.1. The average molecular weight is 237 g/mol. The summed E-state index contributed by atoms with van der Waals surface area (Å²) in [6, 6.07) is 7.69. The van der Waals surface area contributed by atoms with Crippen LogP contribution in [0.4, 0.5) is 0 Å². The maximum atomic E-state index is 11.5. The van der Waals surface area contributed by atoms with Crippen molar-refractivity contribution in [1.82, 2.24) is 5.32 Å². The van der Waals surface area contributed by atoms with Crippen molar-refractivity contribution in [3.05, 3.63) is 29.8 Å². The van der Waals surface area contributed by atoms with Crippen LogP contribution in [0, 0.1) is 0 Å². The zero-order chi connectivity index (χ0) is 11.8. The summed E-state index contributed by atoms with van der Waals surface area (Å²) in [6.45, 7) is 2.94. The zero-order valence-electron chi connectivity index (χ0n) is 9.70. The molecule has 88 valence electrons. The second kappa shape index (κ2) is 7.34. The zero-order valence-corrected chi connectivity index (χ0v) is 10.6. The van der Waals surface area contributed by atoms with E-state index in [-0.39, 0.29) is 5.91 Å². The molecule has 0 atom stereocenters. The van der Waals surface area contributed by atoms with Crippen LogP contribution in [0.3, 0.4) is 0 Å². The van der Waals surface area contributed by atoms with Crippen molar-refractivity contribution in [2.24, 2.45) is 0 Å². The van der Waals surface area contributed by atoms with Gasteiger partial charge in [0.2, 0.25) is 5.91 Å². The van der Waals surface area contributed by atoms with E-state index in [9.17, 15) is 4.79 Å². The molecule has 16 heavy (non-hydrogen) atoms. The van der Waals surface area contributed by atoms with E-state index >= 15 is 0 Å². The smallest absolute Gasteiger partial charge is 0.224 e. The van der Waals surface area contributed by atoms with Crippen molar-refractivity contribution in [3.63, 3.8) is 0 Å². The van der Waals surface area contributed by atoms with E-state index in [1.165, 1.54) is 12.8 Å². The molecule has 0 aliphatic heterocycles. The first kappa shape index (κ1) is 13.1. The van der Waals surface area contributed by atoms with Gasteiger partial charge in [-0.25, -0.2) is 0 Å². The lowest BCUT2D eigenvalue weighted by Crippen LogP contribution is -2.26. The van der Waals surface area contributed by atoms with E-state index < -0.39 is 0 Å². The highest BCUT2D eigenvalue weighted by Gasteiger charge is 2.01. The Labute approximate surface area is 103 Å². The van der Waals surface area contributed by atoms with Gasteiger partial charge in [0.25, 0.3) is 0 Å². The van der Waals surface area contributed by atoms with Gasteiger partial charge < -0.3 is 5.32 Å². The lowest BCUT2D eigenvalue weighted by atomic mass is 10.1. The van der Waals surface area contributed by atoms with Crippen LogP contribution < -0.4 is 5.32 Å². The standard InChI is InChI=1S/C13H19NOS/c1-2-3-4-9-14-13(15)10-11-5-7-12(16)8-6-11/h5-8,16H,2-4,9-10H2,1H3,(H,14,15). The monoisotopic (exact) mass is 237 g/mol. The fourth-order valence-corrected chi connectivity index (χ4v) is 1.61. The van der Waals surface area contributed by atoms with Crippen molar-refractivity contribution in [2.75, 3.05) is 6.54 Å². The number of carbonyl (C=O) groups excluding carboxylic acids is 1. The molecule has 1 amide bonds. The fraction of sp³-hybridized carbons (Fsp3) is 0.462. The van der Waals surface area contributed by atoms with Crippen molar-refractivity contribution >= 4 is 18.5 Å². The molecule has 0 bridgehead atoms. The van der Waals surface area contributed by atoms with Crippen LogP contribution in [0.2, 0.25) is 0 Å². The topological polar surface area (TPSA) is 29.1 Å². The first-order valence-electron chi connectivity index (χ1n) is 5.77. The Morgan fingerprint density at radius 3 is 2.56 bits per heavy atom. The second-order valence-corrected chi connectivity index (χ2v) is 4.42. The van der Waals surface area contributed by atoms with Gasteiger partial charge in [0, 0.05) is 11.4 Å². The molecule has 2 nitrogen and oxygen atoms in total. The maximum Gasteiger partial charge on any atom is 0.224 e. The van der Waals surface area contributed by atoms with Crippen LogP contribution >= 0.6 is 12.6 Å². The average Bonchev–Trinajstić information content (AvgIpc) is 2.28. The molecule has 0 radical (unpaired) electrons. The summed E-state index contributed by atoms with van der Waals surface area (Å²) in [7, 11) is 0. The largest absolute Gasteiger partial charge is 0.356 e. The molecule has 0 saturated heterocycles. The number of hydrogen-bond donors (Lipinski definition) is 2. The molecule has 1 aromatic carbocycles. The first-order chi connectivity index (χ1) is 7.72. The third kappa shape index (κ3) is 5.21.